The summed E-state index contributed by atoms with van der Waals surface area (Å²) in [6.07, 6.45) is -4.16. The third-order valence-electron chi connectivity index (χ3n) is 1.45. The number of aliphatic hydroxyl groups is 4. The number of hydrogen-bond donors (Lipinski definition) is 4. The van der Waals surface area contributed by atoms with Crippen LogP contribution in [0.5, 0.6) is 0 Å². The van der Waals surface area contributed by atoms with Gasteiger partial charge in [-0.2, -0.15) is 0 Å². The van der Waals surface area contributed by atoms with E-state index in [2.05, 4.69) is 4.99 Å². The first kappa shape index (κ1) is 12.2. The maximum absolute atomic E-state index is 10.9. The topological polar surface area (TPSA) is 110 Å². The van der Waals surface area contributed by atoms with E-state index in [9.17, 15) is 4.79 Å². The smallest absolute Gasteiger partial charge is 0.204 e. The van der Waals surface area contributed by atoms with E-state index in [0.717, 1.165) is 6.21 Å². The van der Waals surface area contributed by atoms with E-state index in [0.29, 0.717) is 0 Å². The first-order chi connectivity index (χ1) is 6.04. The number of carbonyl (C=O) groups is 1. The molecule has 0 radical (unpaired) electrons. The van der Waals surface area contributed by atoms with E-state index >= 15 is 0 Å². The molecular formula is C7H13NO5. The van der Waals surface area contributed by atoms with Crippen LogP contribution in [0.3, 0.4) is 0 Å². The van der Waals surface area contributed by atoms with Gasteiger partial charge < -0.3 is 20.4 Å². The van der Waals surface area contributed by atoms with Gasteiger partial charge in [-0.1, -0.05) is 0 Å². The molecular weight excluding hydrogens is 178 g/mol. The Hall–Kier alpha value is -0.820. The number of rotatable bonds is 5. The van der Waals surface area contributed by atoms with Crippen LogP contribution in [0.25, 0.3) is 0 Å². The molecule has 0 aliphatic rings. The zero-order valence-corrected chi connectivity index (χ0v) is 7.16. The Morgan fingerprint density at radius 3 is 2.38 bits per heavy atom. The molecule has 0 heterocycles. The van der Waals surface area contributed by atoms with Gasteiger partial charge in [0, 0.05) is 7.05 Å². The number of carbonyl (C=O) groups excluding carboxylic acids is 1. The fourth-order valence-corrected chi connectivity index (χ4v) is 0.690. The second-order valence-electron chi connectivity index (χ2n) is 2.48. The summed E-state index contributed by atoms with van der Waals surface area (Å²) in [4.78, 5) is 14.2. The van der Waals surface area contributed by atoms with E-state index in [1.807, 2.05) is 0 Å². The Balaban J connectivity index is 4.24. The zero-order chi connectivity index (χ0) is 10.4. The molecule has 0 aliphatic carbocycles. The second kappa shape index (κ2) is 5.76. The predicted octanol–water partition coefficient (Wildman–Crippen LogP) is -2.67. The lowest BCUT2D eigenvalue weighted by Gasteiger charge is -2.18. The van der Waals surface area contributed by atoms with Gasteiger partial charge >= 0.3 is 0 Å². The molecule has 3 atom stereocenters. The largest absolute Gasteiger partial charge is 0.394 e. The number of aliphatic imine (C=N–C) groups is 1. The lowest BCUT2D eigenvalue weighted by Crippen LogP contribution is -2.44. The summed E-state index contributed by atoms with van der Waals surface area (Å²) in [6, 6.07) is 0. The van der Waals surface area contributed by atoms with Gasteiger partial charge in [-0.05, 0) is 0 Å². The van der Waals surface area contributed by atoms with Crippen molar-refractivity contribution < 1.29 is 25.2 Å². The fourth-order valence-electron chi connectivity index (χ4n) is 0.690. The van der Waals surface area contributed by atoms with Crippen molar-refractivity contribution in [3.63, 3.8) is 0 Å². The van der Waals surface area contributed by atoms with Crippen molar-refractivity contribution in [3.05, 3.63) is 0 Å². The minimum atomic E-state index is -1.76. The highest BCUT2D eigenvalue weighted by Crippen LogP contribution is 2.00. The molecule has 4 N–H and O–H groups in total. The van der Waals surface area contributed by atoms with Crippen LogP contribution in [0.4, 0.5) is 0 Å². The standard InChI is InChI=1S/C7H13NO5/c1-8-2-4(10)6(12)7(13)5(11)3-9/h2,5-7,9,11-13H,3H2,1H3/t5-,6-,7-/m1/s1. The Morgan fingerprint density at radius 1 is 1.46 bits per heavy atom. The molecule has 0 saturated carbocycles. The van der Waals surface area contributed by atoms with Crippen molar-refractivity contribution in [2.24, 2.45) is 4.99 Å². The third kappa shape index (κ3) is 3.60. The van der Waals surface area contributed by atoms with Crippen LogP contribution in [0, 0.1) is 0 Å². The van der Waals surface area contributed by atoms with E-state index in [1.54, 1.807) is 0 Å². The van der Waals surface area contributed by atoms with E-state index in [-0.39, 0.29) is 0 Å². The van der Waals surface area contributed by atoms with Crippen molar-refractivity contribution in [2.45, 2.75) is 18.3 Å². The molecule has 0 aromatic rings. The zero-order valence-electron chi connectivity index (χ0n) is 7.16. The van der Waals surface area contributed by atoms with E-state index in [1.165, 1.54) is 7.05 Å². The molecule has 6 nitrogen and oxygen atoms in total. The van der Waals surface area contributed by atoms with Crippen LogP contribution in [0.2, 0.25) is 0 Å². The Morgan fingerprint density at radius 2 is 2.00 bits per heavy atom. The van der Waals surface area contributed by atoms with Crippen LogP contribution in [0.15, 0.2) is 4.99 Å². The van der Waals surface area contributed by atoms with Gasteiger partial charge in [0.15, 0.2) is 0 Å². The van der Waals surface area contributed by atoms with Gasteiger partial charge in [-0.3, -0.25) is 9.79 Å². The Kier molecular flexibility index (Phi) is 5.40. The van der Waals surface area contributed by atoms with Crippen molar-refractivity contribution in [2.75, 3.05) is 13.7 Å². The minimum Gasteiger partial charge on any atom is -0.394 e. The van der Waals surface area contributed by atoms with Crippen LogP contribution < -0.4 is 0 Å². The predicted molar refractivity (Wildman–Crippen MR) is 44.5 cm³/mol. The number of Topliss-reactive ketones (excluding diaryl/α,β-unsaturated/α-hetero) is 1. The SMILES string of the molecule is CN=CC(=O)[C@@H](O)[C@H](O)[C@H](O)CO. The summed E-state index contributed by atoms with van der Waals surface area (Å²) in [5.41, 5.74) is 0. The van der Waals surface area contributed by atoms with Gasteiger partial charge in [0.2, 0.25) is 5.78 Å². The molecule has 0 aromatic carbocycles. The highest BCUT2D eigenvalue weighted by atomic mass is 16.4. The molecule has 0 rings (SSSR count). The van der Waals surface area contributed by atoms with Gasteiger partial charge in [-0.25, -0.2) is 0 Å². The molecule has 0 unspecified atom stereocenters. The highest BCUT2D eigenvalue weighted by Gasteiger charge is 2.28. The average Bonchev–Trinajstić information content (AvgIpc) is 2.14. The lowest BCUT2D eigenvalue weighted by atomic mass is 10.1. The van der Waals surface area contributed by atoms with Crippen molar-refractivity contribution in [1.82, 2.24) is 0 Å². The first-order valence-corrected chi connectivity index (χ1v) is 3.65. The van der Waals surface area contributed by atoms with Crippen molar-refractivity contribution in [3.8, 4) is 0 Å². The molecule has 0 spiro atoms. The van der Waals surface area contributed by atoms with Crippen LogP contribution in [-0.4, -0.2) is 64.4 Å². The monoisotopic (exact) mass is 191 g/mol. The van der Waals surface area contributed by atoms with Crippen molar-refractivity contribution in [1.29, 1.82) is 0 Å². The molecule has 76 valence electrons. The van der Waals surface area contributed by atoms with E-state index < -0.39 is 30.7 Å². The quantitative estimate of drug-likeness (QED) is 0.354. The van der Waals surface area contributed by atoms with E-state index in [4.69, 9.17) is 20.4 Å². The van der Waals surface area contributed by atoms with Gasteiger partial charge in [0.1, 0.15) is 18.3 Å². The van der Waals surface area contributed by atoms with Crippen LogP contribution in [-0.2, 0) is 4.79 Å². The van der Waals surface area contributed by atoms with Crippen LogP contribution in [0.1, 0.15) is 0 Å². The highest BCUT2D eigenvalue weighted by molar-refractivity contribution is 6.29. The second-order valence-corrected chi connectivity index (χ2v) is 2.48. The molecule has 0 aromatic heterocycles. The number of hydrogen-bond acceptors (Lipinski definition) is 6. The maximum atomic E-state index is 10.9. The first-order valence-electron chi connectivity index (χ1n) is 3.65. The molecule has 0 amide bonds. The van der Waals surface area contributed by atoms with Crippen LogP contribution >= 0.6 is 0 Å². The molecule has 13 heavy (non-hydrogen) atoms. The molecule has 0 aliphatic heterocycles. The minimum absolute atomic E-state index is 0.727. The lowest BCUT2D eigenvalue weighted by molar-refractivity contribution is -0.133. The maximum Gasteiger partial charge on any atom is 0.204 e. The number of nitrogens with zero attached hydrogens (tertiary/aromatic N) is 1. The Bertz CT molecular complexity index is 193. The number of ketones is 1. The van der Waals surface area contributed by atoms with Crippen molar-refractivity contribution >= 4 is 12.0 Å². The summed E-state index contributed by atoms with van der Waals surface area (Å²) in [5.74, 6) is -0.817. The third-order valence-corrected chi connectivity index (χ3v) is 1.45. The normalized spacial score (nSPS) is 18.5. The number of aliphatic hydroxyl groups excluding tert-OH is 4. The molecule has 0 saturated heterocycles. The fraction of sp³-hybridized carbons (Fsp3) is 0.714. The summed E-state index contributed by atoms with van der Waals surface area (Å²) in [7, 11) is 1.33. The summed E-state index contributed by atoms with van der Waals surface area (Å²) in [5, 5.41) is 35.4. The van der Waals surface area contributed by atoms with Gasteiger partial charge in [0.25, 0.3) is 0 Å². The molecule has 0 bridgehead atoms. The summed E-state index contributed by atoms with van der Waals surface area (Å²) in [6.45, 7) is -0.727. The average molecular weight is 191 g/mol. The molecule has 0 fully saturated rings. The Labute approximate surface area is 75.2 Å². The van der Waals surface area contributed by atoms with Gasteiger partial charge in [-0.15, -0.1) is 0 Å². The van der Waals surface area contributed by atoms with Gasteiger partial charge in [0.05, 0.1) is 12.8 Å². The molecule has 6 heteroatoms. The summed E-state index contributed by atoms with van der Waals surface area (Å²) < 4.78 is 0. The summed E-state index contributed by atoms with van der Waals surface area (Å²) >= 11 is 0.